The summed E-state index contributed by atoms with van der Waals surface area (Å²) in [6, 6.07) is 6.84. The monoisotopic (exact) mass is 465 g/mol. The molecule has 0 saturated carbocycles. The molecular formula is C24H29Cl2NO4. The highest BCUT2D eigenvalue weighted by molar-refractivity contribution is 6.30. The molecule has 2 unspecified atom stereocenters. The fourth-order valence-electron chi connectivity index (χ4n) is 4.95. The first-order valence-corrected chi connectivity index (χ1v) is 11.5. The van der Waals surface area contributed by atoms with E-state index < -0.39 is 17.9 Å². The number of piperidine rings is 1. The molecule has 1 aliphatic heterocycles. The van der Waals surface area contributed by atoms with Crippen LogP contribution in [0.15, 0.2) is 47.0 Å². The molecule has 5 atom stereocenters. The van der Waals surface area contributed by atoms with E-state index in [0.717, 1.165) is 16.2 Å². The number of carboxylic acid groups (broad SMARTS) is 1. The molecule has 1 amide bonds. The van der Waals surface area contributed by atoms with E-state index in [1.54, 1.807) is 11.0 Å². The molecule has 0 radical (unpaired) electrons. The molecule has 1 saturated heterocycles. The maximum absolute atomic E-state index is 13.5. The van der Waals surface area contributed by atoms with E-state index in [1.165, 1.54) is 0 Å². The Labute approximate surface area is 193 Å². The molecule has 0 aromatic heterocycles. The topological polar surface area (TPSA) is 77.8 Å². The van der Waals surface area contributed by atoms with Gasteiger partial charge < -0.3 is 15.1 Å². The summed E-state index contributed by atoms with van der Waals surface area (Å²) in [7, 11) is 0. The van der Waals surface area contributed by atoms with Gasteiger partial charge in [-0.05, 0) is 54.5 Å². The average molecular weight is 466 g/mol. The van der Waals surface area contributed by atoms with Gasteiger partial charge >= 0.3 is 5.97 Å². The number of aliphatic hydroxyl groups excluding tert-OH is 1. The van der Waals surface area contributed by atoms with Gasteiger partial charge in [-0.25, -0.2) is 0 Å². The van der Waals surface area contributed by atoms with Gasteiger partial charge in [0.05, 0.1) is 25.1 Å². The predicted molar refractivity (Wildman–Crippen MR) is 122 cm³/mol. The predicted octanol–water partition coefficient (Wildman–Crippen LogP) is 4.98. The van der Waals surface area contributed by atoms with E-state index in [0.29, 0.717) is 24.3 Å². The second-order valence-corrected chi connectivity index (χ2v) is 9.43. The highest BCUT2D eigenvalue weighted by Gasteiger charge is 2.47. The van der Waals surface area contributed by atoms with Crippen LogP contribution < -0.4 is 0 Å². The first-order valence-electron chi connectivity index (χ1n) is 10.7. The number of rotatable bonds is 7. The van der Waals surface area contributed by atoms with Crippen LogP contribution in [0.2, 0.25) is 5.02 Å². The summed E-state index contributed by atoms with van der Waals surface area (Å²) in [6.07, 6.45) is 5.29. The van der Waals surface area contributed by atoms with E-state index in [1.807, 2.05) is 37.3 Å². The van der Waals surface area contributed by atoms with Crippen molar-refractivity contribution in [3.63, 3.8) is 0 Å². The Morgan fingerprint density at radius 2 is 2.03 bits per heavy atom. The van der Waals surface area contributed by atoms with Crippen molar-refractivity contribution in [2.24, 2.45) is 11.8 Å². The summed E-state index contributed by atoms with van der Waals surface area (Å²) in [6.45, 7) is 3.83. The van der Waals surface area contributed by atoms with Crippen LogP contribution in [0.1, 0.15) is 51.0 Å². The van der Waals surface area contributed by atoms with Crippen LogP contribution in [0.25, 0.3) is 0 Å². The minimum atomic E-state index is -1.00. The maximum atomic E-state index is 13.5. The van der Waals surface area contributed by atoms with E-state index in [9.17, 15) is 19.8 Å². The number of carboxylic acids is 1. The lowest BCUT2D eigenvalue weighted by Crippen LogP contribution is -2.58. The lowest BCUT2D eigenvalue weighted by Gasteiger charge is -2.50. The van der Waals surface area contributed by atoms with Crippen LogP contribution in [0, 0.1) is 11.8 Å². The molecular weight excluding hydrogens is 437 g/mol. The number of aliphatic carboxylic acids is 1. The summed E-state index contributed by atoms with van der Waals surface area (Å²) >= 11 is 12.6. The van der Waals surface area contributed by atoms with Crippen LogP contribution in [0.4, 0.5) is 0 Å². The zero-order chi connectivity index (χ0) is 22.7. The van der Waals surface area contributed by atoms with Crippen molar-refractivity contribution >= 4 is 35.1 Å². The fraction of sp³-hybridized carbons (Fsp3) is 0.500. The number of nitrogens with zero attached hydrogens (tertiary/aromatic N) is 1. The van der Waals surface area contributed by atoms with Crippen LogP contribution in [0.5, 0.6) is 0 Å². The smallest absolute Gasteiger partial charge is 0.304 e. The van der Waals surface area contributed by atoms with Crippen LogP contribution >= 0.6 is 23.2 Å². The number of carbonyl (C=O) groups excluding carboxylic acids is 1. The van der Waals surface area contributed by atoms with Gasteiger partial charge in [-0.1, -0.05) is 55.3 Å². The second-order valence-electron chi connectivity index (χ2n) is 8.51. The number of halogens is 2. The molecule has 3 rings (SSSR count). The fourth-order valence-corrected chi connectivity index (χ4v) is 5.44. The third-order valence-electron chi connectivity index (χ3n) is 6.46. The van der Waals surface area contributed by atoms with Crippen molar-refractivity contribution in [3.8, 4) is 0 Å². The van der Waals surface area contributed by atoms with Gasteiger partial charge in [0.1, 0.15) is 0 Å². The molecule has 1 fully saturated rings. The maximum Gasteiger partial charge on any atom is 0.304 e. The highest BCUT2D eigenvalue weighted by atomic mass is 35.5. The molecule has 31 heavy (non-hydrogen) atoms. The van der Waals surface area contributed by atoms with Crippen molar-refractivity contribution in [1.29, 1.82) is 0 Å². The van der Waals surface area contributed by atoms with Gasteiger partial charge in [0, 0.05) is 21.9 Å². The summed E-state index contributed by atoms with van der Waals surface area (Å²) < 4.78 is 0. The van der Waals surface area contributed by atoms with Crippen LogP contribution in [0.3, 0.4) is 0 Å². The largest absolute Gasteiger partial charge is 0.481 e. The Hall–Kier alpha value is -1.82. The minimum absolute atomic E-state index is 0.117. The lowest BCUT2D eigenvalue weighted by molar-refractivity contribution is -0.152. The molecule has 1 aromatic rings. The summed E-state index contributed by atoms with van der Waals surface area (Å²) in [4.78, 5) is 26.8. The summed E-state index contributed by atoms with van der Waals surface area (Å²) in [5.41, 5.74) is 2.04. The lowest BCUT2D eigenvalue weighted by atomic mass is 9.71. The normalized spacial score (nSPS) is 27.5. The van der Waals surface area contributed by atoms with Crippen molar-refractivity contribution < 1.29 is 19.8 Å². The molecule has 5 nitrogen and oxygen atoms in total. The molecule has 2 aliphatic rings. The molecule has 0 spiro atoms. The number of likely N-dealkylation sites (tertiary alicyclic amines) is 1. The van der Waals surface area contributed by atoms with E-state index in [4.69, 9.17) is 23.2 Å². The quantitative estimate of drug-likeness (QED) is 0.595. The molecule has 7 heteroatoms. The number of hydrogen-bond acceptors (Lipinski definition) is 3. The molecule has 168 valence electrons. The third-order valence-corrected chi connectivity index (χ3v) is 6.98. The van der Waals surface area contributed by atoms with Crippen molar-refractivity contribution in [1.82, 2.24) is 4.90 Å². The van der Waals surface area contributed by atoms with Gasteiger partial charge in [-0.15, -0.1) is 0 Å². The van der Waals surface area contributed by atoms with Gasteiger partial charge in [0.15, 0.2) is 0 Å². The van der Waals surface area contributed by atoms with Gasteiger partial charge in [0.2, 0.25) is 5.91 Å². The Balaban J connectivity index is 2.17. The highest BCUT2D eigenvalue weighted by Crippen LogP contribution is 2.45. The Bertz CT molecular complexity index is 893. The van der Waals surface area contributed by atoms with E-state index in [2.05, 4.69) is 6.92 Å². The number of allylic oxidation sites excluding steroid dienone is 3. The average Bonchev–Trinajstić information content (AvgIpc) is 2.71. The SMILES string of the molecule is CC[C@@H](CO)N1C(=O)[C@@H](CC(=O)O)C[C@H](c2cccc(Cl)c2)C1C1=CC=C(Cl)CC1C. The first-order chi connectivity index (χ1) is 14.8. The second kappa shape index (κ2) is 10.2. The standard InChI is InChI=1S/C24H29Cl2NO4/c1-3-19(13-28)27-23(20-8-7-18(26)9-14(20)2)21(15-5-4-6-17(25)10-15)11-16(24(27)31)12-22(29)30/h4-8,10,14,16,19,21,23,28H,3,9,11-13H2,1-2H3,(H,29,30)/t14?,16-,19+,21-,23?/m1/s1. The van der Waals surface area contributed by atoms with E-state index in [-0.39, 0.29) is 36.8 Å². The van der Waals surface area contributed by atoms with Gasteiger partial charge in [-0.2, -0.15) is 0 Å². The van der Waals surface area contributed by atoms with Crippen LogP contribution in [-0.4, -0.2) is 45.7 Å². The van der Waals surface area contributed by atoms with Gasteiger partial charge in [-0.3, -0.25) is 9.59 Å². The first kappa shape index (κ1) is 23.8. The Kier molecular flexibility index (Phi) is 7.84. The summed E-state index contributed by atoms with van der Waals surface area (Å²) in [5, 5.41) is 20.9. The van der Waals surface area contributed by atoms with Gasteiger partial charge in [0.25, 0.3) is 0 Å². The molecule has 1 heterocycles. The van der Waals surface area contributed by atoms with Crippen molar-refractivity contribution in [2.45, 2.75) is 57.5 Å². The number of aliphatic hydroxyl groups is 1. The summed E-state index contributed by atoms with van der Waals surface area (Å²) in [5.74, 6) is -1.89. The number of hydrogen-bond donors (Lipinski definition) is 2. The Morgan fingerprint density at radius 1 is 1.29 bits per heavy atom. The zero-order valence-corrected chi connectivity index (χ0v) is 19.3. The molecule has 0 bridgehead atoms. The molecule has 2 N–H and O–H groups in total. The Morgan fingerprint density at radius 3 is 2.61 bits per heavy atom. The van der Waals surface area contributed by atoms with Crippen molar-refractivity contribution in [2.75, 3.05) is 6.61 Å². The number of benzene rings is 1. The molecule has 1 aromatic carbocycles. The zero-order valence-electron chi connectivity index (χ0n) is 17.8. The third kappa shape index (κ3) is 5.16. The minimum Gasteiger partial charge on any atom is -0.481 e. The molecule has 1 aliphatic carbocycles. The van der Waals surface area contributed by atoms with Crippen molar-refractivity contribution in [3.05, 3.63) is 57.6 Å². The van der Waals surface area contributed by atoms with Crippen LogP contribution in [-0.2, 0) is 9.59 Å². The number of amides is 1. The number of carbonyl (C=O) groups is 2. The van der Waals surface area contributed by atoms with E-state index >= 15 is 0 Å².